The number of amides is 1. The summed E-state index contributed by atoms with van der Waals surface area (Å²) in [6.07, 6.45) is 3.55. The van der Waals surface area contributed by atoms with Crippen LogP contribution in [-0.4, -0.2) is 30.1 Å². The fraction of sp³-hybridized carbons (Fsp3) is 0.375. The molecule has 5 nitrogen and oxygen atoms in total. The molecule has 0 aromatic heterocycles. The number of carboxylic acids is 1. The third kappa shape index (κ3) is 3.84. The van der Waals surface area contributed by atoms with Gasteiger partial charge in [0.15, 0.2) is 0 Å². The lowest BCUT2D eigenvalue weighted by atomic mass is 10.2. The number of hydrogen-bond acceptors (Lipinski definition) is 3. The molecule has 1 aromatic carbocycles. The number of benzene rings is 1. The van der Waals surface area contributed by atoms with Gasteiger partial charge in [0.05, 0.1) is 0 Å². The van der Waals surface area contributed by atoms with Crippen LogP contribution in [0.1, 0.15) is 26.2 Å². The third-order valence-electron chi connectivity index (χ3n) is 3.46. The Morgan fingerprint density at radius 1 is 1.38 bits per heavy atom. The maximum Gasteiger partial charge on any atom is 0.331 e. The van der Waals surface area contributed by atoms with E-state index in [9.17, 15) is 9.59 Å². The van der Waals surface area contributed by atoms with Crippen LogP contribution in [0.4, 0.5) is 5.69 Å². The molecule has 5 heteroatoms. The van der Waals surface area contributed by atoms with Crippen molar-refractivity contribution in [1.29, 1.82) is 0 Å². The van der Waals surface area contributed by atoms with Crippen molar-refractivity contribution < 1.29 is 19.4 Å². The zero-order chi connectivity index (χ0) is 15.2. The maximum absolute atomic E-state index is 11.6. The monoisotopic (exact) mass is 289 g/mol. The molecule has 1 aliphatic heterocycles. The summed E-state index contributed by atoms with van der Waals surface area (Å²) >= 11 is 0. The molecule has 0 bridgehead atoms. The molecule has 1 aliphatic rings. The van der Waals surface area contributed by atoms with Crippen molar-refractivity contribution in [2.45, 2.75) is 26.2 Å². The molecule has 1 amide bonds. The number of carboxylic acid groups (broad SMARTS) is 1. The lowest BCUT2D eigenvalue weighted by molar-refractivity contribution is -0.132. The predicted octanol–water partition coefficient (Wildman–Crippen LogP) is 2.61. The minimum Gasteiger partial charge on any atom is -0.490 e. The van der Waals surface area contributed by atoms with E-state index in [1.54, 1.807) is 30.0 Å². The van der Waals surface area contributed by atoms with E-state index < -0.39 is 5.97 Å². The zero-order valence-electron chi connectivity index (χ0n) is 12.0. The van der Waals surface area contributed by atoms with Gasteiger partial charge in [0.2, 0.25) is 5.91 Å². The lowest BCUT2D eigenvalue weighted by Crippen LogP contribution is -2.23. The minimum absolute atomic E-state index is 0.153. The number of carbonyl (C=O) groups excluding carboxylic acids is 1. The van der Waals surface area contributed by atoms with Gasteiger partial charge in [-0.25, -0.2) is 4.79 Å². The number of ether oxygens (including phenoxy) is 1. The number of anilines is 1. The molecule has 1 saturated heterocycles. The second-order valence-electron chi connectivity index (χ2n) is 4.84. The second-order valence-corrected chi connectivity index (χ2v) is 4.84. The molecule has 0 aliphatic carbocycles. The smallest absolute Gasteiger partial charge is 0.331 e. The summed E-state index contributed by atoms with van der Waals surface area (Å²) in [6, 6.07) is 7.28. The van der Waals surface area contributed by atoms with Crippen LogP contribution in [0.2, 0.25) is 0 Å². The van der Waals surface area contributed by atoms with E-state index in [0.717, 1.165) is 18.7 Å². The standard InChI is InChI=1S/C16H19NO4/c1-2-12(16(19)20)9-11-21-14-7-5-13(6-8-14)17-10-3-4-15(17)18/h5-9H,2-4,10-11H2,1H3,(H,19,20). The maximum atomic E-state index is 11.6. The number of rotatable bonds is 6. The first-order valence-electron chi connectivity index (χ1n) is 7.07. The van der Waals surface area contributed by atoms with Crippen molar-refractivity contribution in [3.8, 4) is 5.75 Å². The van der Waals surface area contributed by atoms with Gasteiger partial charge in [0.25, 0.3) is 0 Å². The third-order valence-corrected chi connectivity index (χ3v) is 3.46. The number of hydrogen-bond donors (Lipinski definition) is 1. The Kier molecular flexibility index (Phi) is 4.98. The largest absolute Gasteiger partial charge is 0.490 e. The molecule has 1 N–H and O–H groups in total. The van der Waals surface area contributed by atoms with Crippen LogP contribution in [0.25, 0.3) is 0 Å². The van der Waals surface area contributed by atoms with Gasteiger partial charge in [-0.3, -0.25) is 4.79 Å². The van der Waals surface area contributed by atoms with Crippen LogP contribution in [0.15, 0.2) is 35.9 Å². The van der Waals surface area contributed by atoms with Crippen LogP contribution in [0.5, 0.6) is 5.75 Å². The fourth-order valence-electron chi connectivity index (χ4n) is 2.26. The van der Waals surface area contributed by atoms with Gasteiger partial charge in [-0.15, -0.1) is 0 Å². The van der Waals surface area contributed by atoms with Crippen LogP contribution < -0.4 is 9.64 Å². The van der Waals surface area contributed by atoms with E-state index in [-0.39, 0.29) is 12.5 Å². The molecule has 1 heterocycles. The quantitative estimate of drug-likeness (QED) is 0.817. The highest BCUT2D eigenvalue weighted by Crippen LogP contribution is 2.23. The summed E-state index contributed by atoms with van der Waals surface area (Å²) in [4.78, 5) is 24.2. The highest BCUT2D eigenvalue weighted by molar-refractivity contribution is 5.95. The van der Waals surface area contributed by atoms with Gasteiger partial charge in [-0.05, 0) is 43.2 Å². The first-order valence-corrected chi connectivity index (χ1v) is 7.07. The topological polar surface area (TPSA) is 66.8 Å². The summed E-state index contributed by atoms with van der Waals surface area (Å²) in [6.45, 7) is 2.78. The van der Waals surface area contributed by atoms with Crippen molar-refractivity contribution >= 4 is 17.6 Å². The van der Waals surface area contributed by atoms with Crippen LogP contribution in [0.3, 0.4) is 0 Å². The first kappa shape index (κ1) is 15.1. The summed E-state index contributed by atoms with van der Waals surface area (Å²) in [5, 5.41) is 8.89. The second kappa shape index (κ2) is 6.92. The Morgan fingerprint density at radius 3 is 2.62 bits per heavy atom. The predicted molar refractivity (Wildman–Crippen MR) is 79.5 cm³/mol. The summed E-state index contributed by atoms with van der Waals surface area (Å²) < 4.78 is 5.49. The van der Waals surface area contributed by atoms with Crippen LogP contribution in [0, 0.1) is 0 Å². The van der Waals surface area contributed by atoms with Crippen molar-refractivity contribution in [1.82, 2.24) is 0 Å². The van der Waals surface area contributed by atoms with Crippen LogP contribution in [-0.2, 0) is 9.59 Å². The van der Waals surface area contributed by atoms with Gasteiger partial charge in [-0.2, -0.15) is 0 Å². The number of carbonyl (C=O) groups is 2. The number of aliphatic carboxylic acids is 1. The van der Waals surface area contributed by atoms with Gasteiger partial charge in [0, 0.05) is 24.2 Å². The summed E-state index contributed by atoms with van der Waals surface area (Å²) in [5.74, 6) is -0.105. The van der Waals surface area contributed by atoms with E-state index in [0.29, 0.717) is 24.2 Å². The fourth-order valence-corrected chi connectivity index (χ4v) is 2.26. The highest BCUT2D eigenvalue weighted by atomic mass is 16.5. The summed E-state index contributed by atoms with van der Waals surface area (Å²) in [7, 11) is 0. The molecule has 21 heavy (non-hydrogen) atoms. The van der Waals surface area contributed by atoms with E-state index in [1.807, 2.05) is 12.1 Å². The van der Waals surface area contributed by atoms with Gasteiger partial charge < -0.3 is 14.7 Å². The van der Waals surface area contributed by atoms with E-state index in [4.69, 9.17) is 9.84 Å². The SMILES string of the molecule is CCC(=CCOc1ccc(N2CCCC2=O)cc1)C(=O)O. The Labute approximate surface area is 123 Å². The Morgan fingerprint density at radius 2 is 2.10 bits per heavy atom. The highest BCUT2D eigenvalue weighted by Gasteiger charge is 2.21. The molecule has 0 atom stereocenters. The first-order chi connectivity index (χ1) is 10.1. The van der Waals surface area contributed by atoms with Crippen molar-refractivity contribution in [3.63, 3.8) is 0 Å². The minimum atomic E-state index is -0.913. The molecular weight excluding hydrogens is 270 g/mol. The van der Waals surface area contributed by atoms with E-state index in [2.05, 4.69) is 0 Å². The zero-order valence-corrected chi connectivity index (χ0v) is 12.0. The normalized spacial score (nSPS) is 15.4. The molecule has 0 radical (unpaired) electrons. The van der Waals surface area contributed by atoms with Crippen molar-refractivity contribution in [2.75, 3.05) is 18.1 Å². The average Bonchev–Trinajstić information content (AvgIpc) is 2.90. The molecule has 0 saturated carbocycles. The van der Waals surface area contributed by atoms with Crippen LogP contribution >= 0.6 is 0 Å². The molecule has 2 rings (SSSR count). The molecule has 0 unspecified atom stereocenters. The number of nitrogens with zero attached hydrogens (tertiary/aromatic N) is 1. The van der Waals surface area contributed by atoms with Gasteiger partial charge in [0.1, 0.15) is 12.4 Å². The molecule has 0 spiro atoms. The van der Waals surface area contributed by atoms with E-state index in [1.165, 1.54) is 0 Å². The van der Waals surface area contributed by atoms with Crippen molar-refractivity contribution in [3.05, 3.63) is 35.9 Å². The summed E-state index contributed by atoms with van der Waals surface area (Å²) in [5.41, 5.74) is 1.22. The molecule has 1 fully saturated rings. The molecule has 112 valence electrons. The molecular formula is C16H19NO4. The van der Waals surface area contributed by atoms with E-state index >= 15 is 0 Å². The van der Waals surface area contributed by atoms with Gasteiger partial charge >= 0.3 is 5.97 Å². The van der Waals surface area contributed by atoms with Crippen molar-refractivity contribution in [2.24, 2.45) is 0 Å². The Balaban J connectivity index is 1.94. The van der Waals surface area contributed by atoms with Gasteiger partial charge in [-0.1, -0.05) is 6.92 Å². The average molecular weight is 289 g/mol. The Bertz CT molecular complexity index is 548. The molecule has 1 aromatic rings. The lowest BCUT2D eigenvalue weighted by Gasteiger charge is -2.15. The Hall–Kier alpha value is -2.30.